The predicted molar refractivity (Wildman–Crippen MR) is 91.2 cm³/mol. The highest BCUT2D eigenvalue weighted by Crippen LogP contribution is 2.03. The fraction of sp³-hybridized carbons (Fsp3) is 0.533. The molecule has 1 unspecified atom stereocenters. The molecule has 0 aromatic heterocycles. The molecule has 0 aromatic rings. The van der Waals surface area contributed by atoms with Gasteiger partial charge in [0.1, 0.15) is 6.04 Å². The lowest BCUT2D eigenvalue weighted by atomic mass is 10.1. The third-order valence-electron chi connectivity index (χ3n) is 3.21. The number of imide groups is 1. The van der Waals surface area contributed by atoms with Crippen molar-refractivity contribution in [3.05, 3.63) is 12.2 Å². The first-order valence-corrected chi connectivity index (χ1v) is 7.96. The third kappa shape index (κ3) is 10.2. The number of unbranched alkanes of at least 4 members (excludes halogenated alkanes) is 1. The van der Waals surface area contributed by atoms with Gasteiger partial charge in [0.15, 0.2) is 0 Å². The van der Waals surface area contributed by atoms with Crippen LogP contribution in [0, 0.1) is 0 Å². The van der Waals surface area contributed by atoms with E-state index in [-0.39, 0.29) is 19.5 Å². The van der Waals surface area contributed by atoms with Crippen LogP contribution >= 0.6 is 0 Å². The zero-order chi connectivity index (χ0) is 20.1. The highest BCUT2D eigenvalue weighted by atomic mass is 16.4. The average molecular weight is 371 g/mol. The van der Waals surface area contributed by atoms with Crippen LogP contribution in [-0.2, 0) is 24.0 Å². The first-order chi connectivity index (χ1) is 12.2. The Morgan fingerprint density at radius 2 is 1.73 bits per heavy atom. The van der Waals surface area contributed by atoms with E-state index in [1.807, 2.05) is 0 Å². The highest BCUT2D eigenvalue weighted by molar-refractivity contribution is 6.13. The predicted octanol–water partition coefficient (Wildman–Crippen LogP) is -2.57. The third-order valence-corrected chi connectivity index (χ3v) is 3.21. The van der Waals surface area contributed by atoms with E-state index in [1.54, 1.807) is 0 Å². The molecule has 0 spiro atoms. The van der Waals surface area contributed by atoms with E-state index in [9.17, 15) is 24.0 Å². The molecule has 0 fully saturated rings. The van der Waals surface area contributed by atoms with Crippen LogP contribution in [0.5, 0.6) is 0 Å². The van der Waals surface area contributed by atoms with Crippen molar-refractivity contribution >= 4 is 29.6 Å². The normalized spacial score (nSPS) is 13.8. The summed E-state index contributed by atoms with van der Waals surface area (Å²) in [7, 11) is 0. The molecule has 0 bridgehead atoms. The smallest absolute Gasteiger partial charge is 0.320 e. The molecule has 0 aromatic carbocycles. The van der Waals surface area contributed by atoms with Crippen molar-refractivity contribution in [2.45, 2.75) is 31.7 Å². The van der Waals surface area contributed by atoms with Gasteiger partial charge in [-0.2, -0.15) is 0 Å². The van der Waals surface area contributed by atoms with Crippen molar-refractivity contribution in [3.8, 4) is 0 Å². The van der Waals surface area contributed by atoms with Gasteiger partial charge in [-0.15, -0.1) is 0 Å². The Kier molecular flexibility index (Phi) is 11.2. The molecule has 11 nitrogen and oxygen atoms in total. The average Bonchev–Trinajstić information content (AvgIpc) is 2.90. The van der Waals surface area contributed by atoms with Crippen LogP contribution < -0.4 is 22.5 Å². The molecular weight excluding hydrogens is 346 g/mol. The van der Waals surface area contributed by atoms with Crippen molar-refractivity contribution < 1.29 is 29.1 Å². The van der Waals surface area contributed by atoms with Crippen molar-refractivity contribution in [1.29, 1.82) is 0 Å². The second kappa shape index (κ2) is 12.6. The maximum Gasteiger partial charge on any atom is 0.320 e. The number of nitrogens with one attached hydrogen (secondary N) is 1. The van der Waals surface area contributed by atoms with Crippen LogP contribution in [0.25, 0.3) is 0 Å². The number of carbonyl (C=O) groups excluding carboxylic acids is 4. The number of nitrogens with zero attached hydrogens (tertiary/aromatic N) is 1. The van der Waals surface area contributed by atoms with Crippen LogP contribution in [0.3, 0.4) is 0 Å². The van der Waals surface area contributed by atoms with Crippen molar-refractivity contribution in [3.63, 3.8) is 0 Å². The van der Waals surface area contributed by atoms with Crippen molar-refractivity contribution in [2.75, 3.05) is 19.6 Å². The molecule has 26 heavy (non-hydrogen) atoms. The summed E-state index contributed by atoms with van der Waals surface area (Å²) >= 11 is 0. The van der Waals surface area contributed by atoms with E-state index >= 15 is 0 Å². The minimum Gasteiger partial charge on any atom is -0.480 e. The van der Waals surface area contributed by atoms with Crippen LogP contribution in [0.2, 0.25) is 0 Å². The van der Waals surface area contributed by atoms with Gasteiger partial charge in [-0.3, -0.25) is 28.9 Å². The van der Waals surface area contributed by atoms with Crippen LogP contribution in [0.15, 0.2) is 12.2 Å². The van der Waals surface area contributed by atoms with Gasteiger partial charge in [-0.25, -0.2) is 0 Å². The summed E-state index contributed by atoms with van der Waals surface area (Å²) in [4.78, 5) is 54.7. The Hall–Kier alpha value is -2.79. The number of rotatable bonds is 10. The van der Waals surface area contributed by atoms with E-state index < -0.39 is 35.6 Å². The summed E-state index contributed by atoms with van der Waals surface area (Å²) in [5.41, 5.74) is 15.2. The number of amides is 4. The summed E-state index contributed by atoms with van der Waals surface area (Å²) in [5.74, 6) is -2.90. The van der Waals surface area contributed by atoms with Gasteiger partial charge in [-0.1, -0.05) is 6.42 Å². The summed E-state index contributed by atoms with van der Waals surface area (Å²) in [6.07, 6.45) is 4.40. The Balaban J connectivity index is 0.000000541. The molecule has 8 N–H and O–H groups in total. The molecule has 0 aliphatic carbocycles. The van der Waals surface area contributed by atoms with Gasteiger partial charge in [0, 0.05) is 25.1 Å². The maximum atomic E-state index is 11.1. The fourth-order valence-electron chi connectivity index (χ4n) is 1.77. The van der Waals surface area contributed by atoms with E-state index in [2.05, 4.69) is 5.32 Å². The number of primary amides is 1. The second-order valence-corrected chi connectivity index (χ2v) is 5.38. The number of carboxylic acids is 1. The maximum absolute atomic E-state index is 11.1. The molecule has 1 aliphatic rings. The van der Waals surface area contributed by atoms with Gasteiger partial charge >= 0.3 is 5.97 Å². The molecule has 0 saturated heterocycles. The van der Waals surface area contributed by atoms with E-state index in [1.165, 1.54) is 0 Å². The molecule has 0 radical (unpaired) electrons. The number of carboxylic acid groups (broad SMARTS) is 1. The molecule has 1 heterocycles. The summed E-state index contributed by atoms with van der Waals surface area (Å²) in [6, 6.07) is -0.716. The van der Waals surface area contributed by atoms with Gasteiger partial charge in [-0.05, 0) is 19.4 Å². The lowest BCUT2D eigenvalue weighted by Gasteiger charge is -2.12. The van der Waals surface area contributed by atoms with Crippen LogP contribution in [0.4, 0.5) is 0 Å². The zero-order valence-corrected chi connectivity index (χ0v) is 14.3. The molecule has 4 amide bonds. The Morgan fingerprint density at radius 3 is 2.19 bits per heavy atom. The summed E-state index contributed by atoms with van der Waals surface area (Å²) in [6.45, 7) is 0.348. The topological polar surface area (TPSA) is 199 Å². The van der Waals surface area contributed by atoms with Crippen LogP contribution in [-0.4, -0.2) is 65.3 Å². The molecule has 146 valence electrons. The molecule has 1 rings (SSSR count). The summed E-state index contributed by atoms with van der Waals surface area (Å²) in [5, 5.41) is 10.6. The minimum atomic E-state index is -0.933. The van der Waals surface area contributed by atoms with Gasteiger partial charge < -0.3 is 27.6 Å². The molecular formula is C15H25N5O6. The number of nitrogens with two attached hydrogens (primary N) is 3. The quantitative estimate of drug-likeness (QED) is 0.204. The largest absolute Gasteiger partial charge is 0.480 e. The number of aliphatic carboxylic acids is 1. The van der Waals surface area contributed by atoms with E-state index in [0.29, 0.717) is 13.0 Å². The molecule has 1 aliphatic heterocycles. The highest BCUT2D eigenvalue weighted by Gasteiger charge is 2.23. The lowest BCUT2D eigenvalue weighted by Crippen LogP contribution is -2.37. The fourth-order valence-corrected chi connectivity index (χ4v) is 1.77. The van der Waals surface area contributed by atoms with Crippen molar-refractivity contribution in [1.82, 2.24) is 10.2 Å². The zero-order valence-electron chi connectivity index (χ0n) is 14.3. The van der Waals surface area contributed by atoms with Gasteiger partial charge in [0.2, 0.25) is 11.8 Å². The Labute approximate surface area is 150 Å². The molecule has 0 saturated carbocycles. The Morgan fingerprint density at radius 1 is 1.15 bits per heavy atom. The minimum absolute atomic E-state index is 0.00470. The standard InChI is InChI=1S/C9H11N3O4.C6H14N2O2/c10-6(13)5-11-7(14)3-4-12-8(15)1-2-9(12)16;7-4-2-1-3-5(8)6(9)10/h1-2H,3-5H2,(H2,10,13)(H,11,14);5H,1-4,7-8H2,(H,9,10). The molecule has 11 heteroatoms. The van der Waals surface area contributed by atoms with E-state index in [0.717, 1.165) is 29.9 Å². The van der Waals surface area contributed by atoms with Crippen LogP contribution in [0.1, 0.15) is 25.7 Å². The van der Waals surface area contributed by atoms with Gasteiger partial charge in [0.25, 0.3) is 11.8 Å². The van der Waals surface area contributed by atoms with E-state index in [4.69, 9.17) is 22.3 Å². The SMILES string of the molecule is NC(=O)CNC(=O)CCN1C(=O)C=CC1=O.NCCCCC(N)C(=O)O. The second-order valence-electron chi connectivity index (χ2n) is 5.38. The number of hydrogen-bond acceptors (Lipinski definition) is 7. The van der Waals surface area contributed by atoms with Crippen molar-refractivity contribution in [2.24, 2.45) is 17.2 Å². The summed E-state index contributed by atoms with van der Waals surface area (Å²) < 4.78 is 0. The molecule has 1 atom stereocenters. The first kappa shape index (κ1) is 23.2. The van der Waals surface area contributed by atoms with Gasteiger partial charge in [0.05, 0.1) is 6.54 Å². The lowest BCUT2D eigenvalue weighted by molar-refractivity contribution is -0.139. The number of hydrogen-bond donors (Lipinski definition) is 5. The first-order valence-electron chi connectivity index (χ1n) is 7.96. The monoisotopic (exact) mass is 371 g/mol. The number of carbonyl (C=O) groups is 5. The Bertz CT molecular complexity index is 545.